The van der Waals surface area contributed by atoms with E-state index in [0.717, 1.165) is 22.5 Å². The first-order valence-corrected chi connectivity index (χ1v) is 9.70. The number of hydrogen-bond acceptors (Lipinski definition) is 5. The normalized spacial score (nSPS) is 10.9. The molecule has 27 heavy (non-hydrogen) atoms. The Hall–Kier alpha value is -2.67. The summed E-state index contributed by atoms with van der Waals surface area (Å²) >= 11 is 1.32. The van der Waals surface area contributed by atoms with Gasteiger partial charge in [-0.05, 0) is 79.4 Å². The maximum Gasteiger partial charge on any atom is 0.234 e. The topological polar surface area (TPSA) is 72.7 Å². The molecule has 0 spiro atoms. The molecule has 0 bridgehead atoms. The third-order valence-corrected chi connectivity index (χ3v) is 5.37. The Morgan fingerprint density at radius 3 is 2.37 bits per heavy atom. The fourth-order valence-electron chi connectivity index (χ4n) is 2.97. The molecule has 0 unspecified atom stereocenters. The number of tetrazole rings is 1. The minimum atomic E-state index is -0.0790. The molecule has 0 atom stereocenters. The second-order valence-corrected chi connectivity index (χ2v) is 7.69. The van der Waals surface area contributed by atoms with Crippen molar-refractivity contribution in [2.24, 2.45) is 0 Å². The number of nitrogens with zero attached hydrogens (tertiary/aromatic N) is 4. The van der Waals surface area contributed by atoms with Crippen molar-refractivity contribution in [1.29, 1.82) is 0 Å². The molecular weight excluding hydrogens is 358 g/mol. The average molecular weight is 382 g/mol. The van der Waals surface area contributed by atoms with Gasteiger partial charge >= 0.3 is 0 Å². The predicted molar refractivity (Wildman–Crippen MR) is 109 cm³/mol. The van der Waals surface area contributed by atoms with Crippen molar-refractivity contribution in [3.8, 4) is 5.69 Å². The van der Waals surface area contributed by atoms with Gasteiger partial charge in [-0.1, -0.05) is 35.5 Å². The van der Waals surface area contributed by atoms with Crippen LogP contribution in [-0.4, -0.2) is 31.9 Å². The lowest BCUT2D eigenvalue weighted by molar-refractivity contribution is -0.113. The molecule has 3 aromatic rings. The molecule has 6 nitrogen and oxygen atoms in total. The predicted octanol–water partition coefficient (Wildman–Crippen LogP) is 3.94. The summed E-state index contributed by atoms with van der Waals surface area (Å²) in [6.45, 7) is 10.2. The van der Waals surface area contributed by atoms with Gasteiger partial charge in [0.15, 0.2) is 0 Å². The van der Waals surface area contributed by atoms with Crippen LogP contribution in [0.4, 0.5) is 5.69 Å². The Labute approximate surface area is 163 Å². The lowest BCUT2D eigenvalue weighted by atomic mass is 10.1. The highest BCUT2D eigenvalue weighted by molar-refractivity contribution is 7.99. The summed E-state index contributed by atoms with van der Waals surface area (Å²) in [6, 6.07) is 10.2. The summed E-state index contributed by atoms with van der Waals surface area (Å²) in [5.74, 6) is 0.155. The van der Waals surface area contributed by atoms with Crippen molar-refractivity contribution in [3.05, 3.63) is 58.1 Å². The number of anilines is 1. The first-order chi connectivity index (χ1) is 12.8. The Bertz CT molecular complexity index is 973. The van der Waals surface area contributed by atoms with Crippen molar-refractivity contribution < 1.29 is 4.79 Å². The number of aromatic nitrogens is 4. The van der Waals surface area contributed by atoms with E-state index >= 15 is 0 Å². The van der Waals surface area contributed by atoms with E-state index in [9.17, 15) is 4.79 Å². The van der Waals surface area contributed by atoms with E-state index in [2.05, 4.69) is 46.8 Å². The van der Waals surface area contributed by atoms with Crippen molar-refractivity contribution in [1.82, 2.24) is 20.2 Å². The number of nitrogens with one attached hydrogen (secondary N) is 1. The maximum atomic E-state index is 12.4. The molecular formula is C20H23N5OS. The summed E-state index contributed by atoms with van der Waals surface area (Å²) in [5, 5.41) is 15.5. The van der Waals surface area contributed by atoms with Gasteiger partial charge in [0.05, 0.1) is 11.4 Å². The number of hydrogen-bond donors (Lipinski definition) is 1. The second-order valence-electron chi connectivity index (χ2n) is 6.75. The standard InChI is InChI=1S/C20H23N5OS/c1-12-8-15(4)19(16(5)9-12)21-18(26)11-27-20-22-23-24-25(20)17-7-6-13(2)14(3)10-17/h6-10H,11H2,1-5H3,(H,21,26). The van der Waals surface area contributed by atoms with Crippen molar-refractivity contribution >= 4 is 23.4 Å². The number of thioether (sulfide) groups is 1. The third kappa shape index (κ3) is 4.36. The molecule has 0 aliphatic heterocycles. The minimum Gasteiger partial charge on any atom is -0.325 e. The van der Waals surface area contributed by atoms with Crippen LogP contribution >= 0.6 is 11.8 Å². The summed E-state index contributed by atoms with van der Waals surface area (Å²) in [5.41, 5.74) is 7.45. The van der Waals surface area contributed by atoms with Crippen LogP contribution in [-0.2, 0) is 4.79 Å². The van der Waals surface area contributed by atoms with Crippen molar-refractivity contribution in [3.63, 3.8) is 0 Å². The number of carbonyl (C=O) groups excluding carboxylic acids is 1. The fourth-order valence-corrected chi connectivity index (χ4v) is 3.66. The summed E-state index contributed by atoms with van der Waals surface area (Å²) in [6.07, 6.45) is 0. The molecule has 0 aliphatic carbocycles. The molecule has 0 aliphatic rings. The Kier molecular flexibility index (Phi) is 5.60. The smallest absolute Gasteiger partial charge is 0.234 e. The van der Waals surface area contributed by atoms with E-state index in [1.807, 2.05) is 39.0 Å². The average Bonchev–Trinajstić information content (AvgIpc) is 3.07. The number of amides is 1. The first kappa shape index (κ1) is 19.1. The van der Waals surface area contributed by atoms with Crippen LogP contribution in [0.15, 0.2) is 35.5 Å². The SMILES string of the molecule is Cc1cc(C)c(NC(=O)CSc2nnnn2-c2ccc(C)c(C)c2)c(C)c1. The highest BCUT2D eigenvalue weighted by Gasteiger charge is 2.13. The van der Waals surface area contributed by atoms with Crippen LogP contribution in [0.2, 0.25) is 0 Å². The van der Waals surface area contributed by atoms with E-state index in [0.29, 0.717) is 5.16 Å². The lowest BCUT2D eigenvalue weighted by Gasteiger charge is -2.12. The molecule has 0 radical (unpaired) electrons. The van der Waals surface area contributed by atoms with Gasteiger partial charge in [-0.25, -0.2) is 0 Å². The molecule has 2 aromatic carbocycles. The van der Waals surface area contributed by atoms with Crippen LogP contribution in [0, 0.1) is 34.6 Å². The molecule has 1 N–H and O–H groups in total. The molecule has 0 saturated carbocycles. The first-order valence-electron chi connectivity index (χ1n) is 8.71. The second kappa shape index (κ2) is 7.92. The van der Waals surface area contributed by atoms with Gasteiger partial charge in [0.25, 0.3) is 0 Å². The zero-order valence-electron chi connectivity index (χ0n) is 16.2. The molecule has 3 rings (SSSR count). The fraction of sp³-hybridized carbons (Fsp3) is 0.300. The van der Waals surface area contributed by atoms with Crippen LogP contribution in [0.5, 0.6) is 0 Å². The number of benzene rings is 2. The Morgan fingerprint density at radius 1 is 1.00 bits per heavy atom. The molecule has 1 heterocycles. The van der Waals surface area contributed by atoms with Gasteiger partial charge < -0.3 is 5.32 Å². The van der Waals surface area contributed by atoms with E-state index in [-0.39, 0.29) is 11.7 Å². The third-order valence-electron chi connectivity index (χ3n) is 4.45. The van der Waals surface area contributed by atoms with Gasteiger partial charge in [0.2, 0.25) is 11.1 Å². The summed E-state index contributed by atoms with van der Waals surface area (Å²) in [4.78, 5) is 12.4. The lowest BCUT2D eigenvalue weighted by Crippen LogP contribution is -2.16. The van der Waals surface area contributed by atoms with Gasteiger partial charge in [-0.3, -0.25) is 4.79 Å². The van der Waals surface area contributed by atoms with Crippen LogP contribution < -0.4 is 5.32 Å². The largest absolute Gasteiger partial charge is 0.325 e. The Morgan fingerprint density at radius 2 is 1.70 bits per heavy atom. The zero-order valence-corrected chi connectivity index (χ0v) is 17.0. The van der Waals surface area contributed by atoms with E-state index in [4.69, 9.17) is 0 Å². The molecule has 1 amide bonds. The summed E-state index contributed by atoms with van der Waals surface area (Å²) in [7, 11) is 0. The van der Waals surface area contributed by atoms with Gasteiger partial charge in [-0.2, -0.15) is 4.68 Å². The van der Waals surface area contributed by atoms with Crippen LogP contribution in [0.3, 0.4) is 0 Å². The number of rotatable bonds is 5. The highest BCUT2D eigenvalue weighted by Crippen LogP contribution is 2.24. The quantitative estimate of drug-likeness (QED) is 0.678. The minimum absolute atomic E-state index is 0.0790. The molecule has 7 heteroatoms. The highest BCUT2D eigenvalue weighted by atomic mass is 32.2. The van der Waals surface area contributed by atoms with E-state index < -0.39 is 0 Å². The van der Waals surface area contributed by atoms with E-state index in [1.54, 1.807) is 4.68 Å². The molecule has 140 valence electrons. The van der Waals surface area contributed by atoms with E-state index in [1.165, 1.54) is 28.5 Å². The van der Waals surface area contributed by atoms with Crippen LogP contribution in [0.1, 0.15) is 27.8 Å². The molecule has 0 saturated heterocycles. The monoisotopic (exact) mass is 381 g/mol. The number of aryl methyl sites for hydroxylation is 5. The van der Waals surface area contributed by atoms with Crippen LogP contribution in [0.25, 0.3) is 5.69 Å². The van der Waals surface area contributed by atoms with Crippen molar-refractivity contribution in [2.45, 2.75) is 39.8 Å². The zero-order chi connectivity index (χ0) is 19.6. The number of carbonyl (C=O) groups is 1. The van der Waals surface area contributed by atoms with Gasteiger partial charge in [-0.15, -0.1) is 5.10 Å². The van der Waals surface area contributed by atoms with Crippen molar-refractivity contribution in [2.75, 3.05) is 11.1 Å². The Balaban J connectivity index is 1.70. The summed E-state index contributed by atoms with van der Waals surface area (Å²) < 4.78 is 1.66. The molecule has 1 aromatic heterocycles. The van der Waals surface area contributed by atoms with Gasteiger partial charge in [0, 0.05) is 5.69 Å². The molecule has 0 fully saturated rings. The maximum absolute atomic E-state index is 12.4. The van der Waals surface area contributed by atoms with Gasteiger partial charge in [0.1, 0.15) is 0 Å².